The van der Waals surface area contributed by atoms with Gasteiger partial charge < -0.3 is 10.5 Å². The predicted octanol–water partition coefficient (Wildman–Crippen LogP) is 3.95. The Morgan fingerprint density at radius 3 is 1.95 bits per heavy atom. The third-order valence-electron chi connectivity index (χ3n) is 2.51. The highest BCUT2D eigenvalue weighted by Crippen LogP contribution is 2.40. The SMILES string of the molecule is Cc1ccsc1C(OC(C(F)(F)F)C(F)(F)F)C(C)N. The molecule has 9 heteroatoms. The summed E-state index contributed by atoms with van der Waals surface area (Å²) in [5.41, 5.74) is 6.02. The fourth-order valence-corrected chi connectivity index (χ4v) is 2.66. The van der Waals surface area contributed by atoms with Gasteiger partial charge >= 0.3 is 12.4 Å². The minimum Gasteiger partial charge on any atom is -0.350 e. The molecular formula is C11H13F6NOS. The first kappa shape index (κ1) is 17.3. The molecule has 0 aliphatic heterocycles. The van der Waals surface area contributed by atoms with Crippen molar-refractivity contribution in [2.24, 2.45) is 5.73 Å². The Balaban J connectivity index is 3.09. The van der Waals surface area contributed by atoms with Gasteiger partial charge in [-0.1, -0.05) is 0 Å². The lowest BCUT2D eigenvalue weighted by Crippen LogP contribution is -2.46. The molecule has 0 amide bonds. The van der Waals surface area contributed by atoms with Crippen molar-refractivity contribution in [1.82, 2.24) is 0 Å². The molecule has 0 aliphatic carbocycles. The normalized spacial score (nSPS) is 16.5. The number of hydrogen-bond acceptors (Lipinski definition) is 3. The molecule has 0 radical (unpaired) electrons. The Kier molecular flexibility index (Phi) is 5.09. The van der Waals surface area contributed by atoms with E-state index in [9.17, 15) is 26.3 Å². The number of hydrogen-bond donors (Lipinski definition) is 1. The Bertz CT molecular complexity index is 425. The zero-order valence-electron chi connectivity index (χ0n) is 10.5. The van der Waals surface area contributed by atoms with Gasteiger partial charge in [-0.15, -0.1) is 11.3 Å². The van der Waals surface area contributed by atoms with E-state index in [0.717, 1.165) is 11.3 Å². The highest BCUT2D eigenvalue weighted by atomic mass is 32.1. The lowest BCUT2D eigenvalue weighted by molar-refractivity contribution is -0.332. The quantitative estimate of drug-likeness (QED) is 0.852. The minimum atomic E-state index is -5.55. The van der Waals surface area contributed by atoms with Gasteiger partial charge in [-0.05, 0) is 30.9 Å². The van der Waals surface area contributed by atoms with Crippen LogP contribution in [0.1, 0.15) is 23.5 Å². The molecule has 1 rings (SSSR count). The lowest BCUT2D eigenvalue weighted by Gasteiger charge is -2.29. The first-order chi connectivity index (χ1) is 8.94. The average molecular weight is 321 g/mol. The molecular weight excluding hydrogens is 308 g/mol. The van der Waals surface area contributed by atoms with E-state index in [1.54, 1.807) is 18.4 Å². The van der Waals surface area contributed by atoms with Crippen LogP contribution >= 0.6 is 11.3 Å². The topological polar surface area (TPSA) is 35.2 Å². The maximum atomic E-state index is 12.5. The molecule has 1 heterocycles. The fourth-order valence-electron chi connectivity index (χ4n) is 1.59. The summed E-state index contributed by atoms with van der Waals surface area (Å²) >= 11 is 1.01. The zero-order valence-corrected chi connectivity index (χ0v) is 11.4. The summed E-state index contributed by atoms with van der Waals surface area (Å²) in [6.07, 6.45) is -16.4. The van der Waals surface area contributed by atoms with Crippen molar-refractivity contribution in [2.45, 2.75) is 44.4 Å². The molecule has 2 nitrogen and oxygen atoms in total. The van der Waals surface area contributed by atoms with E-state index >= 15 is 0 Å². The average Bonchev–Trinajstić information content (AvgIpc) is 2.60. The number of alkyl halides is 6. The van der Waals surface area contributed by atoms with E-state index < -0.39 is 30.6 Å². The van der Waals surface area contributed by atoms with Crippen molar-refractivity contribution < 1.29 is 31.1 Å². The van der Waals surface area contributed by atoms with Crippen LogP contribution in [-0.2, 0) is 4.74 Å². The summed E-state index contributed by atoms with van der Waals surface area (Å²) in [6.45, 7) is 2.87. The molecule has 0 fully saturated rings. The Morgan fingerprint density at radius 1 is 1.15 bits per heavy atom. The van der Waals surface area contributed by atoms with Crippen LogP contribution in [-0.4, -0.2) is 24.5 Å². The highest BCUT2D eigenvalue weighted by Gasteiger charge is 2.59. The van der Waals surface area contributed by atoms with Gasteiger partial charge in [0, 0.05) is 10.9 Å². The van der Waals surface area contributed by atoms with Crippen LogP contribution in [0.2, 0.25) is 0 Å². The van der Waals surface area contributed by atoms with Gasteiger partial charge in [0.2, 0.25) is 6.10 Å². The minimum absolute atomic E-state index is 0.263. The van der Waals surface area contributed by atoms with E-state index in [-0.39, 0.29) is 4.88 Å². The van der Waals surface area contributed by atoms with Crippen molar-refractivity contribution in [2.75, 3.05) is 0 Å². The molecule has 20 heavy (non-hydrogen) atoms. The van der Waals surface area contributed by atoms with Gasteiger partial charge in [-0.3, -0.25) is 0 Å². The second-order valence-corrected chi connectivity index (χ2v) is 5.29. The van der Waals surface area contributed by atoms with Crippen molar-refractivity contribution >= 4 is 11.3 Å². The molecule has 2 unspecified atom stereocenters. The van der Waals surface area contributed by atoms with Gasteiger partial charge in [0.15, 0.2) is 0 Å². The number of nitrogens with two attached hydrogens (primary N) is 1. The summed E-state index contributed by atoms with van der Waals surface area (Å²) in [7, 11) is 0. The molecule has 0 spiro atoms. The second kappa shape index (κ2) is 5.90. The van der Waals surface area contributed by atoms with Crippen LogP contribution in [0.25, 0.3) is 0 Å². The monoisotopic (exact) mass is 321 g/mol. The third kappa shape index (κ3) is 4.10. The van der Waals surface area contributed by atoms with Crippen LogP contribution in [0.5, 0.6) is 0 Å². The van der Waals surface area contributed by atoms with Crippen LogP contribution in [0.4, 0.5) is 26.3 Å². The summed E-state index contributed by atoms with van der Waals surface area (Å²) in [5, 5.41) is 1.56. The highest BCUT2D eigenvalue weighted by molar-refractivity contribution is 7.10. The van der Waals surface area contributed by atoms with Crippen LogP contribution in [0.3, 0.4) is 0 Å². The fraction of sp³-hybridized carbons (Fsp3) is 0.636. The molecule has 0 aromatic carbocycles. The predicted molar refractivity (Wildman–Crippen MR) is 62.4 cm³/mol. The van der Waals surface area contributed by atoms with Crippen LogP contribution in [0.15, 0.2) is 11.4 Å². The van der Waals surface area contributed by atoms with Crippen molar-refractivity contribution in [3.63, 3.8) is 0 Å². The van der Waals surface area contributed by atoms with Gasteiger partial charge in [-0.2, -0.15) is 26.3 Å². The van der Waals surface area contributed by atoms with Gasteiger partial charge in [0.05, 0.1) is 0 Å². The summed E-state index contributed by atoms with van der Waals surface area (Å²) in [6, 6.07) is 0.564. The largest absolute Gasteiger partial charge is 0.423 e. The van der Waals surface area contributed by atoms with Crippen molar-refractivity contribution in [3.8, 4) is 0 Å². The maximum Gasteiger partial charge on any atom is 0.423 e. The van der Waals surface area contributed by atoms with E-state index in [0.29, 0.717) is 5.56 Å². The van der Waals surface area contributed by atoms with Gasteiger partial charge in [0.25, 0.3) is 0 Å². The van der Waals surface area contributed by atoms with E-state index in [1.807, 2.05) is 0 Å². The molecule has 116 valence electrons. The Hall–Kier alpha value is -0.800. The number of aryl methyl sites for hydroxylation is 1. The summed E-state index contributed by atoms with van der Waals surface area (Å²) < 4.78 is 79.3. The molecule has 2 N–H and O–H groups in total. The molecule has 1 aromatic heterocycles. The standard InChI is InChI=1S/C11H13F6NOS/c1-5-3-4-20-8(5)7(6(2)18)19-9(10(12,13)14)11(15,16)17/h3-4,6-7,9H,18H2,1-2H3. The van der Waals surface area contributed by atoms with Gasteiger partial charge in [0.1, 0.15) is 6.10 Å². The maximum absolute atomic E-state index is 12.5. The van der Waals surface area contributed by atoms with Crippen molar-refractivity contribution in [1.29, 1.82) is 0 Å². The molecule has 2 atom stereocenters. The first-order valence-electron chi connectivity index (χ1n) is 5.53. The Morgan fingerprint density at radius 2 is 1.65 bits per heavy atom. The summed E-state index contributed by atoms with van der Waals surface area (Å²) in [5.74, 6) is 0. The summed E-state index contributed by atoms with van der Waals surface area (Å²) in [4.78, 5) is 0.263. The molecule has 0 aliphatic rings. The molecule has 0 saturated heterocycles. The van der Waals surface area contributed by atoms with E-state index in [2.05, 4.69) is 4.74 Å². The number of halogens is 6. The smallest absolute Gasteiger partial charge is 0.350 e. The van der Waals surface area contributed by atoms with Crippen molar-refractivity contribution in [3.05, 3.63) is 21.9 Å². The second-order valence-electron chi connectivity index (χ2n) is 4.35. The number of rotatable bonds is 4. The van der Waals surface area contributed by atoms with Crippen LogP contribution < -0.4 is 5.73 Å². The van der Waals surface area contributed by atoms with Crippen LogP contribution in [0, 0.1) is 6.92 Å². The molecule has 0 bridgehead atoms. The van der Waals surface area contributed by atoms with Gasteiger partial charge in [-0.25, -0.2) is 0 Å². The lowest BCUT2D eigenvalue weighted by atomic mass is 10.1. The van der Waals surface area contributed by atoms with E-state index in [1.165, 1.54) is 6.92 Å². The zero-order chi connectivity index (χ0) is 15.7. The Labute approximate surface area is 115 Å². The molecule has 1 aromatic rings. The third-order valence-corrected chi connectivity index (χ3v) is 3.60. The number of ether oxygens (including phenoxy) is 1. The van der Waals surface area contributed by atoms with E-state index in [4.69, 9.17) is 5.73 Å². The number of thiophene rings is 1. The molecule has 0 saturated carbocycles. The first-order valence-corrected chi connectivity index (χ1v) is 6.41.